The van der Waals surface area contributed by atoms with E-state index in [9.17, 15) is 13.2 Å². The van der Waals surface area contributed by atoms with Crippen molar-refractivity contribution >= 4 is 11.5 Å². The minimum atomic E-state index is -4.45. The first-order valence-corrected chi connectivity index (χ1v) is 7.46. The van der Waals surface area contributed by atoms with Crippen LogP contribution < -0.4 is 9.80 Å². The van der Waals surface area contributed by atoms with E-state index in [0.29, 0.717) is 17.3 Å². The van der Waals surface area contributed by atoms with Gasteiger partial charge in [0.1, 0.15) is 5.69 Å². The van der Waals surface area contributed by atoms with E-state index in [1.165, 1.54) is 6.20 Å². The van der Waals surface area contributed by atoms with Gasteiger partial charge in [-0.05, 0) is 30.7 Å². The van der Waals surface area contributed by atoms with E-state index in [0.717, 1.165) is 37.1 Å². The van der Waals surface area contributed by atoms with Crippen LogP contribution in [0.5, 0.6) is 0 Å². The second kappa shape index (κ2) is 4.84. The average molecular weight is 320 g/mol. The van der Waals surface area contributed by atoms with Gasteiger partial charge in [0.25, 0.3) is 0 Å². The number of hydrogen-bond acceptors (Lipinski definition) is 4. The molecule has 4 rings (SSSR count). The monoisotopic (exact) mass is 320 g/mol. The SMILES string of the molecule is CN1c2nc(-c3ccnc(C(F)(F)F)c3)ccc2N2CCC1C2. The molecule has 0 amide bonds. The van der Waals surface area contributed by atoms with E-state index in [4.69, 9.17) is 0 Å². The maximum absolute atomic E-state index is 12.8. The summed E-state index contributed by atoms with van der Waals surface area (Å²) in [7, 11) is 2.00. The van der Waals surface area contributed by atoms with Gasteiger partial charge < -0.3 is 9.80 Å². The number of hydrogen-bond donors (Lipinski definition) is 0. The number of halogens is 3. The molecule has 2 aromatic heterocycles. The first-order chi connectivity index (χ1) is 10.9. The summed E-state index contributed by atoms with van der Waals surface area (Å²) >= 11 is 0. The molecule has 0 aliphatic carbocycles. The average Bonchev–Trinajstić information content (AvgIpc) is 2.98. The summed E-state index contributed by atoms with van der Waals surface area (Å²) in [4.78, 5) is 12.4. The Balaban J connectivity index is 1.77. The Morgan fingerprint density at radius 3 is 2.83 bits per heavy atom. The van der Waals surface area contributed by atoms with Gasteiger partial charge >= 0.3 is 6.18 Å². The Morgan fingerprint density at radius 2 is 2.04 bits per heavy atom. The molecule has 2 aromatic rings. The zero-order chi connectivity index (χ0) is 16.2. The Bertz CT molecular complexity index is 759. The molecular weight excluding hydrogens is 305 g/mol. The van der Waals surface area contributed by atoms with Crippen molar-refractivity contribution in [2.75, 3.05) is 29.9 Å². The normalized spacial score (nSPS) is 19.9. The topological polar surface area (TPSA) is 32.3 Å². The molecule has 120 valence electrons. The van der Waals surface area contributed by atoms with Crippen molar-refractivity contribution in [3.05, 3.63) is 36.2 Å². The molecule has 0 saturated carbocycles. The summed E-state index contributed by atoms with van der Waals surface area (Å²) in [6, 6.07) is 6.76. The second-order valence-corrected chi connectivity index (χ2v) is 5.97. The minimum absolute atomic E-state index is 0.424. The third kappa shape index (κ3) is 2.31. The van der Waals surface area contributed by atoms with Gasteiger partial charge in [0.05, 0.1) is 11.4 Å². The van der Waals surface area contributed by atoms with E-state index in [-0.39, 0.29) is 0 Å². The first-order valence-electron chi connectivity index (χ1n) is 7.46. The minimum Gasteiger partial charge on any atom is -0.366 e. The predicted molar refractivity (Wildman–Crippen MR) is 81.5 cm³/mol. The molecule has 1 atom stereocenters. The second-order valence-electron chi connectivity index (χ2n) is 5.97. The number of rotatable bonds is 1. The van der Waals surface area contributed by atoms with Gasteiger partial charge in [-0.3, -0.25) is 4.98 Å². The quantitative estimate of drug-likeness (QED) is 0.808. The summed E-state index contributed by atoms with van der Waals surface area (Å²) in [5.41, 5.74) is 1.12. The molecule has 2 bridgehead atoms. The van der Waals surface area contributed by atoms with E-state index in [1.807, 2.05) is 13.1 Å². The van der Waals surface area contributed by atoms with Crippen LogP contribution in [-0.2, 0) is 6.18 Å². The summed E-state index contributed by atoms with van der Waals surface area (Å²) in [5, 5.41) is 0. The zero-order valence-electron chi connectivity index (χ0n) is 12.5. The van der Waals surface area contributed by atoms with Crippen LogP contribution in [0.15, 0.2) is 30.5 Å². The number of aromatic nitrogens is 2. The lowest BCUT2D eigenvalue weighted by Gasteiger charge is -2.34. The number of pyridine rings is 2. The van der Waals surface area contributed by atoms with Crippen LogP contribution >= 0.6 is 0 Å². The van der Waals surface area contributed by atoms with Gasteiger partial charge in [-0.2, -0.15) is 13.2 Å². The molecule has 1 saturated heterocycles. The number of alkyl halides is 3. The highest BCUT2D eigenvalue weighted by Crippen LogP contribution is 2.39. The van der Waals surface area contributed by atoms with Crippen molar-refractivity contribution in [2.45, 2.75) is 18.6 Å². The standard InChI is InChI=1S/C16H15F3N4/c1-22-11-5-7-23(9-11)13-3-2-12(21-15(13)22)10-4-6-20-14(8-10)16(17,18)19/h2-4,6,8,11H,5,7,9H2,1H3. The summed E-state index contributed by atoms with van der Waals surface area (Å²) < 4.78 is 38.5. The molecule has 7 heteroatoms. The molecule has 0 aromatic carbocycles. The maximum Gasteiger partial charge on any atom is 0.433 e. The van der Waals surface area contributed by atoms with Crippen molar-refractivity contribution in [1.29, 1.82) is 0 Å². The van der Waals surface area contributed by atoms with Crippen LogP contribution in [-0.4, -0.2) is 36.1 Å². The Hall–Kier alpha value is -2.31. The van der Waals surface area contributed by atoms with Crippen molar-refractivity contribution in [3.63, 3.8) is 0 Å². The highest BCUT2D eigenvalue weighted by atomic mass is 19.4. The van der Waals surface area contributed by atoms with Crippen molar-refractivity contribution in [1.82, 2.24) is 9.97 Å². The summed E-state index contributed by atoms with van der Waals surface area (Å²) in [5.74, 6) is 0.835. The number of likely N-dealkylation sites (N-methyl/N-ethyl adjacent to an activating group) is 1. The molecule has 4 nitrogen and oxygen atoms in total. The molecule has 4 heterocycles. The largest absolute Gasteiger partial charge is 0.433 e. The third-order valence-electron chi connectivity index (χ3n) is 4.59. The molecule has 0 spiro atoms. The lowest BCUT2D eigenvalue weighted by atomic mass is 10.1. The molecule has 1 unspecified atom stereocenters. The molecular formula is C16H15F3N4. The fraction of sp³-hybridized carbons (Fsp3) is 0.375. The van der Waals surface area contributed by atoms with Crippen LogP contribution in [0.3, 0.4) is 0 Å². The van der Waals surface area contributed by atoms with Gasteiger partial charge in [-0.15, -0.1) is 0 Å². The zero-order valence-corrected chi connectivity index (χ0v) is 12.5. The molecule has 2 aliphatic rings. The highest BCUT2D eigenvalue weighted by molar-refractivity contribution is 5.75. The van der Waals surface area contributed by atoms with Gasteiger partial charge in [0.2, 0.25) is 0 Å². The van der Waals surface area contributed by atoms with Crippen LogP contribution in [0.1, 0.15) is 12.1 Å². The van der Waals surface area contributed by atoms with Crippen molar-refractivity contribution in [2.24, 2.45) is 0 Å². The Labute approximate surface area is 131 Å². The maximum atomic E-state index is 12.8. The summed E-state index contributed by atoms with van der Waals surface area (Å²) in [6.07, 6.45) is -2.20. The van der Waals surface area contributed by atoms with Gasteiger partial charge in [0.15, 0.2) is 5.82 Å². The fourth-order valence-electron chi connectivity index (χ4n) is 3.30. The molecule has 23 heavy (non-hydrogen) atoms. The number of fused-ring (bicyclic) bond motifs is 4. The van der Waals surface area contributed by atoms with E-state index in [2.05, 4.69) is 19.8 Å². The van der Waals surface area contributed by atoms with Crippen molar-refractivity contribution in [3.8, 4) is 11.3 Å². The summed E-state index contributed by atoms with van der Waals surface area (Å²) in [6.45, 7) is 1.98. The van der Waals surface area contributed by atoms with Crippen LogP contribution in [0.25, 0.3) is 11.3 Å². The number of anilines is 2. The van der Waals surface area contributed by atoms with Gasteiger partial charge in [-0.1, -0.05) is 0 Å². The van der Waals surface area contributed by atoms with E-state index < -0.39 is 11.9 Å². The Morgan fingerprint density at radius 1 is 1.22 bits per heavy atom. The lowest BCUT2D eigenvalue weighted by Crippen LogP contribution is -2.40. The van der Waals surface area contributed by atoms with Crippen molar-refractivity contribution < 1.29 is 13.2 Å². The highest BCUT2D eigenvalue weighted by Gasteiger charge is 2.35. The van der Waals surface area contributed by atoms with Crippen LogP contribution in [0, 0.1) is 0 Å². The first kappa shape index (κ1) is 14.3. The smallest absolute Gasteiger partial charge is 0.366 e. The van der Waals surface area contributed by atoms with Crippen LogP contribution in [0.4, 0.5) is 24.7 Å². The molecule has 0 N–H and O–H groups in total. The van der Waals surface area contributed by atoms with Gasteiger partial charge in [0, 0.05) is 37.9 Å². The molecule has 2 aliphatic heterocycles. The Kier molecular flexibility index (Phi) is 3.01. The lowest BCUT2D eigenvalue weighted by molar-refractivity contribution is -0.141. The fourth-order valence-corrected chi connectivity index (χ4v) is 3.30. The predicted octanol–water partition coefficient (Wildman–Crippen LogP) is 3.19. The third-order valence-corrected chi connectivity index (χ3v) is 4.59. The number of nitrogens with zero attached hydrogens (tertiary/aromatic N) is 4. The molecule has 0 radical (unpaired) electrons. The van der Waals surface area contributed by atoms with Crippen LogP contribution in [0.2, 0.25) is 0 Å². The van der Waals surface area contributed by atoms with E-state index >= 15 is 0 Å². The van der Waals surface area contributed by atoms with E-state index in [1.54, 1.807) is 12.1 Å². The van der Waals surface area contributed by atoms with Gasteiger partial charge in [-0.25, -0.2) is 4.98 Å². The molecule has 1 fully saturated rings.